The molecule has 6 heteroatoms. The van der Waals surface area contributed by atoms with E-state index in [9.17, 15) is 4.79 Å². The Labute approximate surface area is 171 Å². The number of anilines is 1. The summed E-state index contributed by atoms with van der Waals surface area (Å²) in [5.41, 5.74) is 2.23. The van der Waals surface area contributed by atoms with Crippen molar-refractivity contribution < 1.29 is 9.53 Å². The number of benzene rings is 2. The molecule has 4 rings (SSSR count). The number of rotatable bonds is 5. The van der Waals surface area contributed by atoms with Crippen LogP contribution in [0, 0.1) is 5.92 Å². The van der Waals surface area contributed by atoms with Crippen molar-refractivity contribution in [3.63, 3.8) is 0 Å². The van der Waals surface area contributed by atoms with Crippen molar-refractivity contribution in [2.75, 3.05) is 12.0 Å². The molecule has 0 N–H and O–H groups in total. The van der Waals surface area contributed by atoms with Crippen LogP contribution in [-0.2, 0) is 4.79 Å². The van der Waals surface area contributed by atoms with Gasteiger partial charge in [-0.05, 0) is 35.6 Å². The predicted molar refractivity (Wildman–Crippen MR) is 112 cm³/mol. The molecule has 29 heavy (non-hydrogen) atoms. The first-order valence-corrected chi connectivity index (χ1v) is 9.99. The third-order valence-electron chi connectivity index (χ3n) is 5.36. The zero-order valence-electron chi connectivity index (χ0n) is 17.0. The molecule has 1 amide bonds. The van der Waals surface area contributed by atoms with Crippen LogP contribution < -0.4 is 9.64 Å². The highest BCUT2D eigenvalue weighted by molar-refractivity contribution is 5.93. The Kier molecular flexibility index (Phi) is 5.34. The third-order valence-corrected chi connectivity index (χ3v) is 5.36. The zero-order chi connectivity index (χ0) is 20.4. The van der Waals surface area contributed by atoms with E-state index in [1.54, 1.807) is 7.11 Å². The van der Waals surface area contributed by atoms with Gasteiger partial charge < -0.3 is 4.74 Å². The van der Waals surface area contributed by atoms with Crippen LogP contribution in [0.3, 0.4) is 0 Å². The van der Waals surface area contributed by atoms with Crippen molar-refractivity contribution in [3.8, 4) is 5.75 Å². The Morgan fingerprint density at radius 3 is 2.41 bits per heavy atom. The monoisotopic (exact) mass is 390 g/mol. The second-order valence-corrected chi connectivity index (χ2v) is 7.82. The number of amides is 1. The van der Waals surface area contributed by atoms with Gasteiger partial charge in [-0.2, -0.15) is 10.1 Å². The molecule has 6 nitrogen and oxygen atoms in total. The molecule has 0 aliphatic carbocycles. The summed E-state index contributed by atoms with van der Waals surface area (Å²) < 4.78 is 7.19. The molecule has 2 unspecified atom stereocenters. The predicted octanol–water partition coefficient (Wildman–Crippen LogP) is 4.40. The van der Waals surface area contributed by atoms with E-state index in [-0.39, 0.29) is 23.9 Å². The number of hydrogen-bond donors (Lipinski definition) is 0. The van der Waals surface area contributed by atoms with Crippen LogP contribution in [0.4, 0.5) is 5.95 Å². The third kappa shape index (κ3) is 3.75. The molecule has 0 bridgehead atoms. The van der Waals surface area contributed by atoms with Gasteiger partial charge in [0.05, 0.1) is 19.2 Å². The van der Waals surface area contributed by atoms with Crippen LogP contribution in [-0.4, -0.2) is 27.8 Å². The number of carbonyl (C=O) groups is 1. The molecule has 0 saturated carbocycles. The number of hydrogen-bond acceptors (Lipinski definition) is 4. The van der Waals surface area contributed by atoms with Crippen molar-refractivity contribution in [2.24, 2.45) is 5.92 Å². The van der Waals surface area contributed by atoms with Crippen molar-refractivity contribution >= 4 is 11.9 Å². The number of methoxy groups -OCH3 is 1. The minimum absolute atomic E-state index is 0.0175. The Morgan fingerprint density at radius 1 is 1.07 bits per heavy atom. The molecule has 2 heterocycles. The van der Waals surface area contributed by atoms with E-state index in [1.165, 1.54) is 6.33 Å². The number of ether oxygens (including phenoxy) is 1. The summed E-state index contributed by atoms with van der Waals surface area (Å²) in [4.78, 5) is 19.6. The van der Waals surface area contributed by atoms with E-state index in [0.29, 0.717) is 12.4 Å². The lowest BCUT2D eigenvalue weighted by molar-refractivity contribution is -0.120. The first kappa shape index (κ1) is 19.2. The van der Waals surface area contributed by atoms with Gasteiger partial charge in [0.2, 0.25) is 11.9 Å². The summed E-state index contributed by atoms with van der Waals surface area (Å²) in [5, 5.41) is 4.47. The van der Waals surface area contributed by atoms with Crippen molar-refractivity contribution in [1.29, 1.82) is 0 Å². The highest BCUT2D eigenvalue weighted by Gasteiger charge is 2.39. The molecule has 0 spiro atoms. The topological polar surface area (TPSA) is 60.2 Å². The molecule has 3 aromatic rings. The smallest absolute Gasteiger partial charge is 0.231 e. The summed E-state index contributed by atoms with van der Waals surface area (Å²) in [6.45, 7) is 4.11. The van der Waals surface area contributed by atoms with Gasteiger partial charge in [0.15, 0.2) is 0 Å². The van der Waals surface area contributed by atoms with Gasteiger partial charge >= 0.3 is 0 Å². The quantitative estimate of drug-likeness (QED) is 0.648. The second-order valence-electron chi connectivity index (χ2n) is 7.82. The molecule has 0 radical (unpaired) electrons. The lowest BCUT2D eigenvalue weighted by atomic mass is 9.91. The van der Waals surface area contributed by atoms with E-state index in [2.05, 4.69) is 36.1 Å². The molecule has 150 valence electrons. The SMILES string of the molecule is COc1ccc(C2CC(c3ccccc3)n3ncnc3N2C(=O)CC(C)C)cc1. The highest BCUT2D eigenvalue weighted by Crippen LogP contribution is 2.42. The summed E-state index contributed by atoms with van der Waals surface area (Å²) in [6, 6.07) is 18.1. The van der Waals surface area contributed by atoms with Crippen molar-refractivity contribution in [1.82, 2.24) is 14.8 Å². The van der Waals surface area contributed by atoms with Crippen LogP contribution in [0.25, 0.3) is 0 Å². The minimum Gasteiger partial charge on any atom is -0.497 e. The largest absolute Gasteiger partial charge is 0.497 e. The van der Waals surface area contributed by atoms with Crippen LogP contribution in [0.1, 0.15) is 49.9 Å². The zero-order valence-corrected chi connectivity index (χ0v) is 17.0. The molecular formula is C23H26N4O2. The van der Waals surface area contributed by atoms with Gasteiger partial charge in [0, 0.05) is 6.42 Å². The van der Waals surface area contributed by atoms with E-state index in [1.807, 2.05) is 52.0 Å². The lowest BCUT2D eigenvalue weighted by Gasteiger charge is -2.39. The number of aromatic nitrogens is 3. The highest BCUT2D eigenvalue weighted by atomic mass is 16.5. The van der Waals surface area contributed by atoms with Gasteiger partial charge in [0.25, 0.3) is 0 Å². The Balaban J connectivity index is 1.80. The Hall–Kier alpha value is -3.15. The maximum absolute atomic E-state index is 13.2. The lowest BCUT2D eigenvalue weighted by Crippen LogP contribution is -2.43. The van der Waals surface area contributed by atoms with E-state index in [4.69, 9.17) is 4.74 Å². The van der Waals surface area contributed by atoms with Gasteiger partial charge in [-0.1, -0.05) is 56.3 Å². The first-order chi connectivity index (χ1) is 14.1. The van der Waals surface area contributed by atoms with E-state index < -0.39 is 0 Å². The summed E-state index contributed by atoms with van der Waals surface area (Å²) >= 11 is 0. The fraction of sp³-hybridized carbons (Fsp3) is 0.348. The molecule has 0 saturated heterocycles. The molecule has 2 aromatic carbocycles. The normalized spacial score (nSPS) is 18.6. The molecule has 1 aromatic heterocycles. The van der Waals surface area contributed by atoms with Gasteiger partial charge in [0.1, 0.15) is 12.1 Å². The van der Waals surface area contributed by atoms with Crippen molar-refractivity contribution in [3.05, 3.63) is 72.1 Å². The maximum Gasteiger partial charge on any atom is 0.231 e. The summed E-state index contributed by atoms with van der Waals surface area (Å²) in [5.74, 6) is 1.74. The number of carbonyl (C=O) groups excluding carboxylic acids is 1. The molecule has 2 atom stereocenters. The molecule has 1 aliphatic rings. The van der Waals surface area contributed by atoms with Crippen LogP contribution in [0.2, 0.25) is 0 Å². The van der Waals surface area contributed by atoms with Crippen LogP contribution in [0.15, 0.2) is 60.9 Å². The molecule has 0 fully saturated rings. The minimum atomic E-state index is -0.117. The Morgan fingerprint density at radius 2 is 1.76 bits per heavy atom. The van der Waals surface area contributed by atoms with Gasteiger partial charge in [-0.15, -0.1) is 0 Å². The van der Waals surface area contributed by atoms with Crippen LogP contribution >= 0.6 is 0 Å². The molecule has 1 aliphatic heterocycles. The summed E-state index contributed by atoms with van der Waals surface area (Å²) in [7, 11) is 1.65. The van der Waals surface area contributed by atoms with Gasteiger partial charge in [-0.3, -0.25) is 9.69 Å². The fourth-order valence-electron chi connectivity index (χ4n) is 3.99. The fourth-order valence-corrected chi connectivity index (χ4v) is 3.99. The van der Waals surface area contributed by atoms with Crippen LogP contribution in [0.5, 0.6) is 5.75 Å². The number of nitrogens with zero attached hydrogens (tertiary/aromatic N) is 4. The maximum atomic E-state index is 13.2. The average Bonchev–Trinajstić information content (AvgIpc) is 3.22. The first-order valence-electron chi connectivity index (χ1n) is 9.99. The van der Waals surface area contributed by atoms with E-state index >= 15 is 0 Å². The van der Waals surface area contributed by atoms with Crippen molar-refractivity contribution in [2.45, 2.75) is 38.8 Å². The second kappa shape index (κ2) is 8.07. The molecular weight excluding hydrogens is 364 g/mol. The summed E-state index contributed by atoms with van der Waals surface area (Å²) in [6.07, 6.45) is 2.74. The number of fused-ring (bicyclic) bond motifs is 1. The van der Waals surface area contributed by atoms with Gasteiger partial charge in [-0.25, -0.2) is 4.68 Å². The average molecular weight is 390 g/mol. The van der Waals surface area contributed by atoms with E-state index in [0.717, 1.165) is 23.3 Å². The Bertz CT molecular complexity index is 966. The standard InChI is InChI=1S/C23H26N4O2/c1-16(2)13-22(28)26-20(18-9-11-19(29-3)12-10-18)14-21(17-7-5-4-6-8-17)27-23(26)24-15-25-27/h4-12,15-16,20-21H,13-14H2,1-3H3.